The lowest BCUT2D eigenvalue weighted by atomic mass is 10.2. The van der Waals surface area contributed by atoms with E-state index in [0.717, 1.165) is 4.88 Å². The minimum atomic E-state index is -1.01. The van der Waals surface area contributed by atoms with E-state index in [-0.39, 0.29) is 23.2 Å². The molecule has 0 aliphatic carbocycles. The Morgan fingerprint density at radius 3 is 2.67 bits per heavy atom. The summed E-state index contributed by atoms with van der Waals surface area (Å²) in [5.74, 6) is -0.817. The number of benzene rings is 1. The van der Waals surface area contributed by atoms with E-state index in [4.69, 9.17) is 4.74 Å². The van der Waals surface area contributed by atoms with Crippen molar-refractivity contribution in [2.75, 3.05) is 0 Å². The largest absolute Gasteiger partial charge is 0.487 e. The molecule has 0 atom stereocenters. The minimum Gasteiger partial charge on any atom is -0.487 e. The monoisotopic (exact) mass is 372 g/mol. The lowest BCUT2D eigenvalue weighted by Crippen LogP contribution is -2.00. The van der Waals surface area contributed by atoms with Gasteiger partial charge in [0.1, 0.15) is 18.2 Å². The summed E-state index contributed by atoms with van der Waals surface area (Å²) in [6.45, 7) is 4.10. The smallest absolute Gasteiger partial charge is 0.349 e. The number of aromatic carboxylic acids is 1. The zero-order valence-electron chi connectivity index (χ0n) is 11.5. The van der Waals surface area contributed by atoms with Crippen LogP contribution in [0.15, 0.2) is 28.7 Å². The molecule has 3 nitrogen and oxygen atoms in total. The lowest BCUT2D eigenvalue weighted by Gasteiger charge is -2.06. The first-order valence-electron chi connectivity index (χ1n) is 6.31. The molecule has 0 amide bonds. The van der Waals surface area contributed by atoms with Gasteiger partial charge in [0.05, 0.1) is 0 Å². The number of hydrogen-bond acceptors (Lipinski definition) is 3. The first-order valence-corrected chi connectivity index (χ1v) is 7.92. The van der Waals surface area contributed by atoms with Crippen LogP contribution in [-0.4, -0.2) is 11.1 Å². The van der Waals surface area contributed by atoms with Gasteiger partial charge in [-0.25, -0.2) is 9.18 Å². The van der Waals surface area contributed by atoms with E-state index in [2.05, 4.69) is 15.9 Å². The first-order chi connectivity index (χ1) is 9.86. The fourth-order valence-corrected chi connectivity index (χ4v) is 3.24. The highest BCUT2D eigenvalue weighted by atomic mass is 79.9. The number of rotatable bonds is 5. The van der Waals surface area contributed by atoms with Crippen LogP contribution in [0.4, 0.5) is 4.39 Å². The molecule has 0 spiro atoms. The van der Waals surface area contributed by atoms with Crippen molar-refractivity contribution < 1.29 is 19.0 Å². The maximum absolute atomic E-state index is 13.3. The SMILES string of the molecule is CC(C)c1cc(OCc2cc(F)cc(Br)c2)c(C(=O)O)s1. The maximum Gasteiger partial charge on any atom is 0.349 e. The van der Waals surface area contributed by atoms with Gasteiger partial charge >= 0.3 is 5.97 Å². The molecule has 112 valence electrons. The van der Waals surface area contributed by atoms with Gasteiger partial charge in [0.25, 0.3) is 0 Å². The third-order valence-electron chi connectivity index (χ3n) is 2.80. The van der Waals surface area contributed by atoms with E-state index >= 15 is 0 Å². The van der Waals surface area contributed by atoms with Crippen LogP contribution >= 0.6 is 27.3 Å². The third kappa shape index (κ3) is 4.04. The second-order valence-electron chi connectivity index (χ2n) is 4.87. The summed E-state index contributed by atoms with van der Waals surface area (Å²) in [5, 5.41) is 9.21. The molecule has 0 bridgehead atoms. The van der Waals surface area contributed by atoms with Crippen molar-refractivity contribution in [2.24, 2.45) is 0 Å². The molecule has 0 fully saturated rings. The molecule has 0 radical (unpaired) electrons. The zero-order valence-corrected chi connectivity index (χ0v) is 13.9. The molecule has 0 unspecified atom stereocenters. The summed E-state index contributed by atoms with van der Waals surface area (Å²) in [5.41, 5.74) is 0.635. The predicted octanol–water partition coefficient (Wildman–Crippen LogP) is 5.05. The Hall–Kier alpha value is -1.40. The topological polar surface area (TPSA) is 46.5 Å². The number of ether oxygens (including phenoxy) is 1. The van der Waals surface area contributed by atoms with Crippen LogP contribution < -0.4 is 4.74 Å². The molecular weight excluding hydrogens is 359 g/mol. The number of halogens is 2. The average molecular weight is 373 g/mol. The number of carboxylic acids is 1. The first kappa shape index (κ1) is 16.0. The highest BCUT2D eigenvalue weighted by Crippen LogP contribution is 2.34. The Morgan fingerprint density at radius 2 is 2.10 bits per heavy atom. The Bertz CT molecular complexity index is 647. The van der Waals surface area contributed by atoms with Gasteiger partial charge in [-0.2, -0.15) is 0 Å². The maximum atomic E-state index is 13.3. The Labute approximate surface area is 134 Å². The van der Waals surface area contributed by atoms with Gasteiger partial charge in [0.15, 0.2) is 4.88 Å². The summed E-state index contributed by atoms with van der Waals surface area (Å²) in [4.78, 5) is 12.4. The summed E-state index contributed by atoms with van der Waals surface area (Å²) in [7, 11) is 0. The normalized spacial score (nSPS) is 10.9. The molecule has 1 aromatic carbocycles. The fraction of sp³-hybridized carbons (Fsp3) is 0.267. The van der Waals surface area contributed by atoms with Gasteiger partial charge in [-0.1, -0.05) is 29.8 Å². The van der Waals surface area contributed by atoms with Crippen molar-refractivity contribution in [3.63, 3.8) is 0 Å². The van der Waals surface area contributed by atoms with Crippen molar-refractivity contribution in [1.82, 2.24) is 0 Å². The minimum absolute atomic E-state index is 0.116. The summed E-state index contributed by atoms with van der Waals surface area (Å²) in [6, 6.07) is 6.20. The van der Waals surface area contributed by atoms with Gasteiger partial charge in [-0.15, -0.1) is 11.3 Å². The molecule has 2 rings (SSSR count). The van der Waals surface area contributed by atoms with Crippen molar-refractivity contribution >= 4 is 33.2 Å². The van der Waals surface area contributed by atoms with Crippen molar-refractivity contribution in [1.29, 1.82) is 0 Å². The summed E-state index contributed by atoms with van der Waals surface area (Å²) in [6.07, 6.45) is 0. The zero-order chi connectivity index (χ0) is 15.6. The van der Waals surface area contributed by atoms with Gasteiger partial charge in [-0.05, 0) is 35.7 Å². The van der Waals surface area contributed by atoms with Gasteiger partial charge < -0.3 is 9.84 Å². The molecule has 0 aliphatic heterocycles. The fourth-order valence-electron chi connectivity index (χ4n) is 1.79. The molecule has 0 saturated carbocycles. The molecule has 6 heteroatoms. The van der Waals surface area contributed by atoms with Crippen LogP contribution in [0.2, 0.25) is 0 Å². The van der Waals surface area contributed by atoms with E-state index in [1.54, 1.807) is 12.1 Å². The highest BCUT2D eigenvalue weighted by Gasteiger charge is 2.18. The number of hydrogen-bond donors (Lipinski definition) is 1. The molecule has 1 N–H and O–H groups in total. The lowest BCUT2D eigenvalue weighted by molar-refractivity contribution is 0.0697. The van der Waals surface area contributed by atoms with Crippen molar-refractivity contribution in [3.8, 4) is 5.75 Å². The summed E-state index contributed by atoms with van der Waals surface area (Å²) < 4.78 is 19.5. The van der Waals surface area contributed by atoms with Crippen molar-refractivity contribution in [2.45, 2.75) is 26.4 Å². The quantitative estimate of drug-likeness (QED) is 0.798. The Morgan fingerprint density at radius 1 is 1.38 bits per heavy atom. The van der Waals surface area contributed by atoms with Crippen LogP contribution in [0.3, 0.4) is 0 Å². The molecule has 0 aliphatic rings. The second-order valence-corrected chi connectivity index (χ2v) is 6.87. The van der Waals surface area contributed by atoms with E-state index < -0.39 is 5.97 Å². The summed E-state index contributed by atoms with van der Waals surface area (Å²) >= 11 is 4.42. The number of carbonyl (C=O) groups is 1. The van der Waals surface area contributed by atoms with Crippen LogP contribution in [0.5, 0.6) is 5.75 Å². The standard InChI is InChI=1S/C15H14BrFO3S/c1-8(2)13-6-12(14(21-13)15(18)19)20-7-9-3-10(16)5-11(17)4-9/h3-6,8H,7H2,1-2H3,(H,18,19). The second kappa shape index (κ2) is 6.58. The predicted molar refractivity (Wildman–Crippen MR) is 83.8 cm³/mol. The van der Waals surface area contributed by atoms with Crippen LogP contribution in [0, 0.1) is 5.82 Å². The molecular formula is C15H14BrFO3S. The molecule has 0 saturated heterocycles. The third-order valence-corrected chi connectivity index (χ3v) is 4.66. The van der Waals surface area contributed by atoms with Crippen LogP contribution in [-0.2, 0) is 6.61 Å². The average Bonchev–Trinajstić information content (AvgIpc) is 2.79. The Balaban J connectivity index is 2.20. The van der Waals surface area contributed by atoms with Gasteiger partial charge in [-0.3, -0.25) is 0 Å². The Kier molecular flexibility index (Phi) is 5.00. The number of carboxylic acid groups (broad SMARTS) is 1. The van der Waals surface area contributed by atoms with E-state index in [0.29, 0.717) is 15.8 Å². The van der Waals surface area contributed by atoms with E-state index in [9.17, 15) is 14.3 Å². The molecule has 1 aromatic heterocycles. The molecule has 1 heterocycles. The number of thiophene rings is 1. The highest BCUT2D eigenvalue weighted by molar-refractivity contribution is 9.10. The van der Waals surface area contributed by atoms with Gasteiger partial charge in [0, 0.05) is 9.35 Å². The van der Waals surface area contributed by atoms with Gasteiger partial charge in [0.2, 0.25) is 0 Å². The van der Waals surface area contributed by atoms with Crippen LogP contribution in [0.25, 0.3) is 0 Å². The molecule has 21 heavy (non-hydrogen) atoms. The van der Waals surface area contributed by atoms with Crippen LogP contribution in [0.1, 0.15) is 39.9 Å². The molecule has 2 aromatic rings. The van der Waals surface area contributed by atoms with E-state index in [1.165, 1.54) is 23.5 Å². The van der Waals surface area contributed by atoms with Crippen molar-refractivity contribution in [3.05, 3.63) is 49.9 Å². The van der Waals surface area contributed by atoms with E-state index in [1.807, 2.05) is 13.8 Å².